The molecule has 1 saturated carbocycles. The molecule has 1 aromatic carbocycles. The zero-order chi connectivity index (χ0) is 14.0. The SMILES string of the molecule is CCCNc1ccc(C(=O)NC2CC2(C)C)cc1C. The third-order valence-electron chi connectivity index (χ3n) is 3.87. The molecule has 2 N–H and O–H groups in total. The van der Waals surface area contributed by atoms with E-state index in [2.05, 4.69) is 31.4 Å². The van der Waals surface area contributed by atoms with Gasteiger partial charge in [-0.05, 0) is 48.9 Å². The summed E-state index contributed by atoms with van der Waals surface area (Å²) in [6, 6.07) is 6.19. The number of amides is 1. The van der Waals surface area contributed by atoms with Gasteiger partial charge in [0, 0.05) is 23.8 Å². The monoisotopic (exact) mass is 260 g/mol. The summed E-state index contributed by atoms with van der Waals surface area (Å²) in [4.78, 5) is 12.1. The molecule has 1 aliphatic rings. The van der Waals surface area contributed by atoms with E-state index >= 15 is 0 Å². The number of carbonyl (C=O) groups excluding carboxylic acids is 1. The highest BCUT2D eigenvalue weighted by molar-refractivity contribution is 5.95. The highest BCUT2D eigenvalue weighted by atomic mass is 16.1. The summed E-state index contributed by atoms with van der Waals surface area (Å²) in [5, 5.41) is 6.45. The molecule has 3 heteroatoms. The van der Waals surface area contributed by atoms with E-state index in [4.69, 9.17) is 0 Å². The van der Waals surface area contributed by atoms with E-state index in [-0.39, 0.29) is 11.3 Å². The van der Waals surface area contributed by atoms with Crippen LogP contribution in [0.15, 0.2) is 18.2 Å². The van der Waals surface area contributed by atoms with E-state index < -0.39 is 0 Å². The van der Waals surface area contributed by atoms with Gasteiger partial charge in [-0.3, -0.25) is 4.79 Å². The van der Waals surface area contributed by atoms with Crippen molar-refractivity contribution in [2.24, 2.45) is 5.41 Å². The standard InChI is InChI=1S/C16H24N2O/c1-5-8-17-13-7-6-12(9-11(13)2)15(19)18-14-10-16(14,3)4/h6-7,9,14,17H,5,8,10H2,1-4H3,(H,18,19). The second-order valence-electron chi connectivity index (χ2n) is 6.18. The lowest BCUT2D eigenvalue weighted by Gasteiger charge is -2.11. The molecule has 1 atom stereocenters. The fourth-order valence-electron chi connectivity index (χ4n) is 2.22. The first-order chi connectivity index (χ1) is 8.94. The Morgan fingerprint density at radius 2 is 2.11 bits per heavy atom. The van der Waals surface area contributed by atoms with Crippen molar-refractivity contribution in [1.29, 1.82) is 0 Å². The van der Waals surface area contributed by atoms with Gasteiger partial charge in [0.15, 0.2) is 0 Å². The predicted octanol–water partition coefficient (Wildman–Crippen LogP) is 3.35. The first-order valence-electron chi connectivity index (χ1n) is 7.09. The maximum absolute atomic E-state index is 12.1. The summed E-state index contributed by atoms with van der Waals surface area (Å²) in [6.45, 7) is 9.50. The van der Waals surface area contributed by atoms with Crippen LogP contribution in [0.3, 0.4) is 0 Å². The van der Waals surface area contributed by atoms with Crippen LogP contribution >= 0.6 is 0 Å². The first-order valence-corrected chi connectivity index (χ1v) is 7.09. The van der Waals surface area contributed by atoms with E-state index in [1.165, 1.54) is 0 Å². The number of rotatable bonds is 5. The number of hydrogen-bond donors (Lipinski definition) is 2. The van der Waals surface area contributed by atoms with Crippen molar-refractivity contribution in [2.75, 3.05) is 11.9 Å². The van der Waals surface area contributed by atoms with Crippen molar-refractivity contribution < 1.29 is 4.79 Å². The topological polar surface area (TPSA) is 41.1 Å². The van der Waals surface area contributed by atoms with Crippen molar-refractivity contribution >= 4 is 11.6 Å². The molecule has 1 fully saturated rings. The van der Waals surface area contributed by atoms with Crippen LogP contribution in [-0.2, 0) is 0 Å². The molecule has 0 aliphatic heterocycles. The van der Waals surface area contributed by atoms with Crippen LogP contribution in [0.25, 0.3) is 0 Å². The lowest BCUT2D eigenvalue weighted by atomic mass is 10.1. The third-order valence-corrected chi connectivity index (χ3v) is 3.87. The Labute approximate surface area is 115 Å². The molecule has 1 unspecified atom stereocenters. The van der Waals surface area contributed by atoms with Crippen LogP contribution in [0.4, 0.5) is 5.69 Å². The summed E-state index contributed by atoms with van der Waals surface area (Å²) in [5.74, 6) is 0.0423. The lowest BCUT2D eigenvalue weighted by Crippen LogP contribution is -2.28. The van der Waals surface area contributed by atoms with Crippen LogP contribution < -0.4 is 10.6 Å². The van der Waals surface area contributed by atoms with E-state index in [9.17, 15) is 4.79 Å². The molecule has 2 rings (SSSR count). The van der Waals surface area contributed by atoms with Gasteiger partial charge in [-0.15, -0.1) is 0 Å². The summed E-state index contributed by atoms with van der Waals surface area (Å²) in [5.41, 5.74) is 3.26. The van der Waals surface area contributed by atoms with Gasteiger partial charge in [0.05, 0.1) is 0 Å². The van der Waals surface area contributed by atoms with Gasteiger partial charge in [-0.25, -0.2) is 0 Å². The Morgan fingerprint density at radius 1 is 1.42 bits per heavy atom. The van der Waals surface area contributed by atoms with Gasteiger partial charge in [-0.1, -0.05) is 20.8 Å². The van der Waals surface area contributed by atoms with Crippen molar-refractivity contribution in [3.63, 3.8) is 0 Å². The largest absolute Gasteiger partial charge is 0.385 e. The van der Waals surface area contributed by atoms with Crippen molar-refractivity contribution in [2.45, 2.75) is 46.6 Å². The number of hydrogen-bond acceptors (Lipinski definition) is 2. The number of anilines is 1. The van der Waals surface area contributed by atoms with Gasteiger partial charge < -0.3 is 10.6 Å². The number of benzene rings is 1. The van der Waals surface area contributed by atoms with Crippen LogP contribution in [0.5, 0.6) is 0 Å². The molecule has 0 bridgehead atoms. The molecule has 1 aromatic rings. The predicted molar refractivity (Wildman–Crippen MR) is 79.6 cm³/mol. The minimum Gasteiger partial charge on any atom is -0.385 e. The fourth-order valence-corrected chi connectivity index (χ4v) is 2.22. The van der Waals surface area contributed by atoms with Crippen molar-refractivity contribution in [1.82, 2.24) is 5.32 Å². The Bertz CT molecular complexity index is 480. The van der Waals surface area contributed by atoms with E-state index in [1.807, 2.05) is 25.1 Å². The zero-order valence-corrected chi connectivity index (χ0v) is 12.3. The fraction of sp³-hybridized carbons (Fsp3) is 0.562. The average Bonchev–Trinajstić information content (AvgIpc) is 2.94. The van der Waals surface area contributed by atoms with Crippen molar-refractivity contribution in [3.8, 4) is 0 Å². The first kappa shape index (κ1) is 13.9. The average molecular weight is 260 g/mol. The smallest absolute Gasteiger partial charge is 0.251 e. The summed E-state index contributed by atoms with van der Waals surface area (Å²) in [7, 11) is 0. The van der Waals surface area contributed by atoms with E-state index in [1.54, 1.807) is 0 Å². The highest BCUT2D eigenvalue weighted by Gasteiger charge is 2.46. The van der Waals surface area contributed by atoms with Crippen molar-refractivity contribution in [3.05, 3.63) is 29.3 Å². The number of aryl methyl sites for hydroxylation is 1. The zero-order valence-electron chi connectivity index (χ0n) is 12.3. The molecule has 0 spiro atoms. The Kier molecular flexibility index (Phi) is 3.83. The maximum Gasteiger partial charge on any atom is 0.251 e. The van der Waals surface area contributed by atoms with E-state index in [0.29, 0.717) is 6.04 Å². The highest BCUT2D eigenvalue weighted by Crippen LogP contribution is 2.44. The Morgan fingerprint density at radius 3 is 2.63 bits per heavy atom. The Balaban J connectivity index is 2.01. The minimum absolute atomic E-state index is 0.0423. The molecule has 19 heavy (non-hydrogen) atoms. The second kappa shape index (κ2) is 5.24. The molecule has 0 aromatic heterocycles. The lowest BCUT2D eigenvalue weighted by molar-refractivity contribution is 0.0946. The van der Waals surface area contributed by atoms with Crippen LogP contribution in [-0.4, -0.2) is 18.5 Å². The van der Waals surface area contributed by atoms with Gasteiger partial charge >= 0.3 is 0 Å². The van der Waals surface area contributed by atoms with Crippen LogP contribution in [0.2, 0.25) is 0 Å². The number of carbonyl (C=O) groups is 1. The van der Waals surface area contributed by atoms with Gasteiger partial charge in [0.2, 0.25) is 0 Å². The maximum atomic E-state index is 12.1. The van der Waals surface area contributed by atoms with Gasteiger partial charge in [-0.2, -0.15) is 0 Å². The number of nitrogens with one attached hydrogen (secondary N) is 2. The summed E-state index contributed by atoms with van der Waals surface area (Å²) in [6.07, 6.45) is 2.17. The third kappa shape index (κ3) is 3.28. The second-order valence-corrected chi connectivity index (χ2v) is 6.18. The van der Waals surface area contributed by atoms with Crippen LogP contribution in [0, 0.1) is 12.3 Å². The molecular weight excluding hydrogens is 236 g/mol. The quantitative estimate of drug-likeness (QED) is 0.852. The molecule has 0 radical (unpaired) electrons. The summed E-state index contributed by atoms with van der Waals surface area (Å²) >= 11 is 0. The molecule has 3 nitrogen and oxygen atoms in total. The molecular formula is C16H24N2O. The Hall–Kier alpha value is -1.51. The van der Waals surface area contributed by atoms with E-state index in [0.717, 1.165) is 36.2 Å². The minimum atomic E-state index is 0.0423. The molecule has 0 saturated heterocycles. The molecule has 0 heterocycles. The molecule has 1 aliphatic carbocycles. The molecule has 1 amide bonds. The normalized spacial score (nSPS) is 19.9. The van der Waals surface area contributed by atoms with Gasteiger partial charge in [0.25, 0.3) is 5.91 Å². The molecule has 104 valence electrons. The van der Waals surface area contributed by atoms with Gasteiger partial charge in [0.1, 0.15) is 0 Å². The van der Waals surface area contributed by atoms with Crippen LogP contribution in [0.1, 0.15) is 49.5 Å². The summed E-state index contributed by atoms with van der Waals surface area (Å²) < 4.78 is 0.